The molecule has 0 aliphatic carbocycles. The zero-order valence-corrected chi connectivity index (χ0v) is 14.2. The molecular formula is C16H31N3O. The van der Waals surface area contributed by atoms with Crippen LogP contribution in [0.4, 0.5) is 0 Å². The summed E-state index contributed by atoms with van der Waals surface area (Å²) >= 11 is 0. The van der Waals surface area contributed by atoms with E-state index in [-0.39, 0.29) is 11.3 Å². The molecule has 1 aromatic rings. The molecule has 2 unspecified atom stereocenters. The topological polar surface area (TPSA) is 51.0 Å². The van der Waals surface area contributed by atoms with Crippen molar-refractivity contribution >= 4 is 0 Å². The Kier molecular flexibility index (Phi) is 6.18. The Morgan fingerprint density at radius 2 is 1.85 bits per heavy atom. The Bertz CT molecular complexity index is 393. The lowest BCUT2D eigenvalue weighted by atomic mass is 9.89. The van der Waals surface area contributed by atoms with E-state index in [1.54, 1.807) is 0 Å². The first kappa shape index (κ1) is 17.2. The van der Waals surface area contributed by atoms with Gasteiger partial charge in [0, 0.05) is 12.5 Å². The summed E-state index contributed by atoms with van der Waals surface area (Å²) in [6.45, 7) is 16.4. The third-order valence-corrected chi connectivity index (χ3v) is 3.43. The van der Waals surface area contributed by atoms with Crippen LogP contribution in [0.5, 0.6) is 0 Å². The molecule has 1 heterocycles. The van der Waals surface area contributed by atoms with Gasteiger partial charge in [-0.1, -0.05) is 46.7 Å². The van der Waals surface area contributed by atoms with Crippen molar-refractivity contribution < 1.29 is 4.52 Å². The average Bonchev–Trinajstić information content (AvgIpc) is 2.71. The fourth-order valence-electron chi connectivity index (χ4n) is 2.52. The van der Waals surface area contributed by atoms with Gasteiger partial charge in [0.1, 0.15) is 0 Å². The van der Waals surface area contributed by atoms with Crippen molar-refractivity contribution in [3.8, 4) is 0 Å². The maximum atomic E-state index is 5.53. The molecule has 2 atom stereocenters. The van der Waals surface area contributed by atoms with Gasteiger partial charge in [0.15, 0.2) is 5.82 Å². The highest BCUT2D eigenvalue weighted by atomic mass is 16.5. The second-order valence-corrected chi connectivity index (χ2v) is 7.30. The summed E-state index contributed by atoms with van der Waals surface area (Å²) in [5, 5.41) is 7.70. The van der Waals surface area contributed by atoms with E-state index in [1.165, 1.54) is 0 Å². The van der Waals surface area contributed by atoms with Gasteiger partial charge in [0.2, 0.25) is 5.89 Å². The van der Waals surface area contributed by atoms with Gasteiger partial charge in [-0.25, -0.2) is 0 Å². The lowest BCUT2D eigenvalue weighted by molar-refractivity contribution is 0.277. The minimum absolute atomic E-state index is 0.181. The minimum atomic E-state index is 0.181. The molecule has 4 nitrogen and oxygen atoms in total. The molecule has 1 aromatic heterocycles. The molecule has 116 valence electrons. The summed E-state index contributed by atoms with van der Waals surface area (Å²) < 4.78 is 5.53. The molecule has 0 spiro atoms. The predicted molar refractivity (Wildman–Crippen MR) is 82.8 cm³/mol. The summed E-state index contributed by atoms with van der Waals surface area (Å²) in [6.07, 6.45) is 1.98. The van der Waals surface area contributed by atoms with Crippen molar-refractivity contribution in [3.05, 3.63) is 11.7 Å². The summed E-state index contributed by atoms with van der Waals surface area (Å²) in [7, 11) is 0. The first-order chi connectivity index (χ1) is 9.24. The van der Waals surface area contributed by atoms with Crippen LogP contribution in [0.25, 0.3) is 0 Å². The first-order valence-corrected chi connectivity index (χ1v) is 7.80. The van der Waals surface area contributed by atoms with Crippen molar-refractivity contribution in [1.82, 2.24) is 15.5 Å². The lowest BCUT2D eigenvalue weighted by Gasteiger charge is -2.25. The number of hydrogen-bond donors (Lipinski definition) is 1. The second kappa shape index (κ2) is 7.21. The standard InChI is InChI=1S/C16H31N3O/c1-8-9-17-12(4)14(11(2)3)15-18-13(19-20-15)10-16(5,6)7/h11-12,14,17H,8-10H2,1-7H3. The summed E-state index contributed by atoms with van der Waals surface area (Å²) in [6, 6.07) is 0.345. The zero-order valence-electron chi connectivity index (χ0n) is 14.2. The summed E-state index contributed by atoms with van der Waals surface area (Å²) in [5.74, 6) is 2.33. The Morgan fingerprint density at radius 3 is 2.35 bits per heavy atom. The second-order valence-electron chi connectivity index (χ2n) is 7.30. The van der Waals surface area contributed by atoms with Gasteiger partial charge in [-0.2, -0.15) is 4.98 Å². The SMILES string of the molecule is CCCNC(C)C(c1nc(CC(C)(C)C)no1)C(C)C. The van der Waals surface area contributed by atoms with E-state index in [0.717, 1.165) is 31.1 Å². The quantitative estimate of drug-likeness (QED) is 0.826. The molecule has 0 bridgehead atoms. The van der Waals surface area contributed by atoms with Crippen LogP contribution in [0.3, 0.4) is 0 Å². The number of nitrogens with zero attached hydrogens (tertiary/aromatic N) is 2. The molecule has 20 heavy (non-hydrogen) atoms. The molecule has 0 fully saturated rings. The zero-order chi connectivity index (χ0) is 15.3. The van der Waals surface area contributed by atoms with E-state index >= 15 is 0 Å². The van der Waals surface area contributed by atoms with Crippen LogP contribution in [-0.2, 0) is 6.42 Å². The monoisotopic (exact) mass is 281 g/mol. The summed E-state index contributed by atoms with van der Waals surface area (Å²) in [4.78, 5) is 4.63. The van der Waals surface area contributed by atoms with Gasteiger partial charge in [-0.15, -0.1) is 0 Å². The molecule has 1 rings (SSSR count). The van der Waals surface area contributed by atoms with Gasteiger partial charge in [0.25, 0.3) is 0 Å². The highest BCUT2D eigenvalue weighted by molar-refractivity contribution is 5.01. The number of aromatic nitrogens is 2. The average molecular weight is 281 g/mol. The predicted octanol–water partition coefficient (Wildman–Crippen LogP) is 3.79. The van der Waals surface area contributed by atoms with Crippen molar-refractivity contribution in [1.29, 1.82) is 0 Å². The van der Waals surface area contributed by atoms with Crippen LogP contribution in [0.1, 0.15) is 72.5 Å². The number of rotatable bonds is 7. The molecular weight excluding hydrogens is 250 g/mol. The third kappa shape index (κ3) is 5.23. The molecule has 0 aliphatic heterocycles. The fraction of sp³-hybridized carbons (Fsp3) is 0.875. The number of hydrogen-bond acceptors (Lipinski definition) is 4. The molecule has 0 saturated heterocycles. The van der Waals surface area contributed by atoms with Gasteiger partial charge >= 0.3 is 0 Å². The van der Waals surface area contributed by atoms with E-state index in [1.807, 2.05) is 0 Å². The molecule has 0 aliphatic rings. The number of nitrogens with one attached hydrogen (secondary N) is 1. The van der Waals surface area contributed by atoms with Crippen molar-refractivity contribution in [2.24, 2.45) is 11.3 Å². The van der Waals surface area contributed by atoms with Gasteiger partial charge < -0.3 is 9.84 Å². The van der Waals surface area contributed by atoms with Gasteiger partial charge in [-0.3, -0.25) is 0 Å². The molecule has 0 saturated carbocycles. The smallest absolute Gasteiger partial charge is 0.231 e. The van der Waals surface area contributed by atoms with E-state index in [9.17, 15) is 0 Å². The molecule has 4 heteroatoms. The van der Waals surface area contributed by atoms with Crippen molar-refractivity contribution in [2.75, 3.05) is 6.54 Å². The first-order valence-electron chi connectivity index (χ1n) is 7.80. The Hall–Kier alpha value is -0.900. The maximum Gasteiger partial charge on any atom is 0.231 e. The van der Waals surface area contributed by atoms with Crippen LogP contribution < -0.4 is 5.32 Å². The molecule has 0 amide bonds. The van der Waals surface area contributed by atoms with E-state index in [4.69, 9.17) is 4.52 Å². The van der Waals surface area contributed by atoms with Crippen LogP contribution in [0.15, 0.2) is 4.52 Å². The van der Waals surface area contributed by atoms with Crippen molar-refractivity contribution in [3.63, 3.8) is 0 Å². The highest BCUT2D eigenvalue weighted by Gasteiger charge is 2.28. The van der Waals surface area contributed by atoms with Crippen LogP contribution in [-0.4, -0.2) is 22.7 Å². The van der Waals surface area contributed by atoms with E-state index < -0.39 is 0 Å². The normalized spacial score (nSPS) is 15.6. The minimum Gasteiger partial charge on any atom is -0.339 e. The van der Waals surface area contributed by atoms with Crippen molar-refractivity contribution in [2.45, 2.75) is 73.3 Å². The van der Waals surface area contributed by atoms with Crippen LogP contribution in [0, 0.1) is 11.3 Å². The lowest BCUT2D eigenvalue weighted by Crippen LogP contribution is -2.35. The largest absolute Gasteiger partial charge is 0.339 e. The Morgan fingerprint density at radius 1 is 1.20 bits per heavy atom. The molecule has 0 radical (unpaired) electrons. The van der Waals surface area contributed by atoms with Crippen LogP contribution >= 0.6 is 0 Å². The third-order valence-electron chi connectivity index (χ3n) is 3.43. The molecule has 1 N–H and O–H groups in total. The van der Waals surface area contributed by atoms with E-state index in [2.05, 4.69) is 63.9 Å². The Labute approximate surface area is 123 Å². The van der Waals surface area contributed by atoms with Gasteiger partial charge in [-0.05, 0) is 31.2 Å². The van der Waals surface area contributed by atoms with Crippen LogP contribution in [0.2, 0.25) is 0 Å². The maximum absolute atomic E-state index is 5.53. The fourth-order valence-corrected chi connectivity index (χ4v) is 2.52. The van der Waals surface area contributed by atoms with Gasteiger partial charge in [0.05, 0.1) is 5.92 Å². The van der Waals surface area contributed by atoms with E-state index in [0.29, 0.717) is 12.0 Å². The highest BCUT2D eigenvalue weighted by Crippen LogP contribution is 2.28. The Balaban J connectivity index is 2.82. The summed E-state index contributed by atoms with van der Waals surface area (Å²) in [5.41, 5.74) is 0.181. The molecule has 0 aromatic carbocycles.